The summed E-state index contributed by atoms with van der Waals surface area (Å²) in [5.41, 5.74) is 5.86. The molecular formula is C13H26N2O2. The van der Waals surface area contributed by atoms with E-state index < -0.39 is 12.0 Å². The van der Waals surface area contributed by atoms with E-state index in [4.69, 9.17) is 10.8 Å². The van der Waals surface area contributed by atoms with E-state index >= 15 is 0 Å². The molecule has 0 amide bonds. The van der Waals surface area contributed by atoms with E-state index in [-0.39, 0.29) is 0 Å². The lowest BCUT2D eigenvalue weighted by Gasteiger charge is -2.31. The van der Waals surface area contributed by atoms with Gasteiger partial charge < -0.3 is 16.2 Å². The second-order valence-electron chi connectivity index (χ2n) is 5.88. The molecule has 0 heterocycles. The molecular weight excluding hydrogens is 216 g/mol. The van der Waals surface area contributed by atoms with Crippen molar-refractivity contribution >= 4 is 5.97 Å². The zero-order valence-electron chi connectivity index (χ0n) is 11.0. The Kier molecular flexibility index (Phi) is 5.40. The molecule has 4 heteroatoms. The molecule has 1 rings (SSSR count). The number of hydrogen-bond acceptors (Lipinski definition) is 3. The fourth-order valence-electron chi connectivity index (χ4n) is 3.02. The van der Waals surface area contributed by atoms with Gasteiger partial charge in [-0.15, -0.1) is 0 Å². The molecule has 100 valence electrons. The summed E-state index contributed by atoms with van der Waals surface area (Å²) in [5, 5.41) is 12.0. The Morgan fingerprint density at radius 2 is 2.00 bits per heavy atom. The predicted octanol–water partition coefficient (Wildman–Crippen LogP) is 1.59. The lowest BCUT2D eigenvalue weighted by atomic mass is 9.78. The van der Waals surface area contributed by atoms with Crippen LogP contribution in [0.4, 0.5) is 0 Å². The Labute approximate surface area is 104 Å². The monoisotopic (exact) mass is 242 g/mol. The third-order valence-electron chi connectivity index (χ3n) is 3.69. The van der Waals surface area contributed by atoms with Gasteiger partial charge in [0.25, 0.3) is 0 Å². The van der Waals surface area contributed by atoms with Crippen LogP contribution in [0, 0.1) is 11.3 Å². The number of rotatable bonds is 7. The lowest BCUT2D eigenvalue weighted by molar-refractivity contribution is -0.138. The summed E-state index contributed by atoms with van der Waals surface area (Å²) in [4.78, 5) is 10.6. The van der Waals surface area contributed by atoms with Crippen LogP contribution in [-0.2, 0) is 4.79 Å². The van der Waals surface area contributed by atoms with E-state index in [1.165, 1.54) is 32.1 Å². The van der Waals surface area contributed by atoms with Gasteiger partial charge in [0.2, 0.25) is 0 Å². The molecule has 4 N–H and O–H groups in total. The lowest BCUT2D eigenvalue weighted by Crippen LogP contribution is -2.43. The fourth-order valence-corrected chi connectivity index (χ4v) is 3.02. The first kappa shape index (κ1) is 14.5. The highest BCUT2D eigenvalue weighted by Crippen LogP contribution is 2.42. The Hall–Kier alpha value is -0.610. The molecule has 0 spiro atoms. The topological polar surface area (TPSA) is 75.3 Å². The van der Waals surface area contributed by atoms with Gasteiger partial charge in [-0.2, -0.15) is 0 Å². The van der Waals surface area contributed by atoms with Crippen molar-refractivity contribution in [2.24, 2.45) is 17.1 Å². The van der Waals surface area contributed by atoms with Crippen LogP contribution >= 0.6 is 0 Å². The van der Waals surface area contributed by atoms with Gasteiger partial charge in [0.15, 0.2) is 0 Å². The van der Waals surface area contributed by atoms with E-state index in [1.807, 2.05) is 0 Å². The van der Waals surface area contributed by atoms with Crippen LogP contribution in [0.1, 0.15) is 46.0 Å². The molecule has 0 aromatic rings. The molecule has 1 fully saturated rings. The predicted molar refractivity (Wildman–Crippen MR) is 68.8 cm³/mol. The van der Waals surface area contributed by atoms with Gasteiger partial charge in [-0.05, 0) is 30.6 Å². The quantitative estimate of drug-likeness (QED) is 0.634. The highest BCUT2D eigenvalue weighted by molar-refractivity contribution is 5.73. The average Bonchev–Trinajstić information content (AvgIpc) is 2.65. The third kappa shape index (κ3) is 4.64. The normalized spacial score (nSPS) is 20.7. The standard InChI is InChI=1S/C13H26N2O2/c1-10(2)7-13(5-3-4-6-13)9-15-8-11(14)12(16)17/h10-11,15H,3-9,14H2,1-2H3,(H,16,17). The van der Waals surface area contributed by atoms with Crippen molar-refractivity contribution in [3.8, 4) is 0 Å². The van der Waals surface area contributed by atoms with Crippen molar-refractivity contribution in [1.29, 1.82) is 0 Å². The number of carboxylic acids is 1. The molecule has 0 aromatic carbocycles. The minimum atomic E-state index is -0.929. The van der Waals surface area contributed by atoms with Gasteiger partial charge in [-0.1, -0.05) is 26.7 Å². The van der Waals surface area contributed by atoms with E-state index in [1.54, 1.807) is 0 Å². The molecule has 0 bridgehead atoms. The molecule has 1 atom stereocenters. The maximum absolute atomic E-state index is 10.6. The molecule has 1 unspecified atom stereocenters. The summed E-state index contributed by atoms with van der Waals surface area (Å²) in [5.74, 6) is -0.232. The fraction of sp³-hybridized carbons (Fsp3) is 0.923. The number of nitrogens with two attached hydrogens (primary N) is 1. The van der Waals surface area contributed by atoms with Crippen molar-refractivity contribution in [3.05, 3.63) is 0 Å². The first-order chi connectivity index (χ1) is 7.95. The summed E-state index contributed by atoms with van der Waals surface area (Å²) in [6.07, 6.45) is 6.36. The van der Waals surface area contributed by atoms with Crippen molar-refractivity contribution < 1.29 is 9.90 Å². The molecule has 1 saturated carbocycles. The highest BCUT2D eigenvalue weighted by Gasteiger charge is 2.34. The van der Waals surface area contributed by atoms with Crippen LogP contribution in [0.15, 0.2) is 0 Å². The summed E-state index contributed by atoms with van der Waals surface area (Å²) in [6.45, 7) is 5.79. The van der Waals surface area contributed by atoms with Gasteiger partial charge in [-0.3, -0.25) is 4.79 Å². The number of aliphatic carboxylic acids is 1. The van der Waals surface area contributed by atoms with Gasteiger partial charge in [-0.25, -0.2) is 0 Å². The summed E-state index contributed by atoms with van der Waals surface area (Å²) >= 11 is 0. The van der Waals surface area contributed by atoms with E-state index in [2.05, 4.69) is 19.2 Å². The minimum Gasteiger partial charge on any atom is -0.480 e. The Morgan fingerprint density at radius 1 is 1.41 bits per heavy atom. The summed E-state index contributed by atoms with van der Waals surface area (Å²) < 4.78 is 0. The Morgan fingerprint density at radius 3 is 2.47 bits per heavy atom. The van der Waals surface area contributed by atoms with E-state index in [0.29, 0.717) is 17.9 Å². The van der Waals surface area contributed by atoms with Crippen LogP contribution in [0.25, 0.3) is 0 Å². The summed E-state index contributed by atoms with van der Waals surface area (Å²) in [6, 6.07) is -0.785. The second kappa shape index (κ2) is 6.36. The molecule has 4 nitrogen and oxygen atoms in total. The first-order valence-electron chi connectivity index (χ1n) is 6.64. The zero-order chi connectivity index (χ0) is 12.9. The van der Waals surface area contributed by atoms with Crippen LogP contribution < -0.4 is 11.1 Å². The van der Waals surface area contributed by atoms with Gasteiger partial charge in [0, 0.05) is 13.1 Å². The molecule has 1 aliphatic rings. The van der Waals surface area contributed by atoms with Gasteiger partial charge in [0.05, 0.1) is 0 Å². The van der Waals surface area contributed by atoms with Crippen molar-refractivity contribution in [2.45, 2.75) is 52.0 Å². The molecule has 0 aromatic heterocycles. The maximum atomic E-state index is 10.6. The number of nitrogens with one attached hydrogen (secondary N) is 1. The maximum Gasteiger partial charge on any atom is 0.321 e. The smallest absolute Gasteiger partial charge is 0.321 e. The van der Waals surface area contributed by atoms with Crippen molar-refractivity contribution in [2.75, 3.05) is 13.1 Å². The molecule has 17 heavy (non-hydrogen) atoms. The third-order valence-corrected chi connectivity index (χ3v) is 3.69. The average molecular weight is 242 g/mol. The first-order valence-corrected chi connectivity index (χ1v) is 6.64. The second-order valence-corrected chi connectivity index (χ2v) is 5.88. The van der Waals surface area contributed by atoms with Crippen molar-refractivity contribution in [3.63, 3.8) is 0 Å². The largest absolute Gasteiger partial charge is 0.480 e. The van der Waals surface area contributed by atoms with Gasteiger partial charge in [0.1, 0.15) is 6.04 Å². The number of carbonyl (C=O) groups is 1. The summed E-state index contributed by atoms with van der Waals surface area (Å²) in [7, 11) is 0. The molecule has 0 radical (unpaired) electrons. The van der Waals surface area contributed by atoms with Crippen LogP contribution in [-0.4, -0.2) is 30.2 Å². The zero-order valence-corrected chi connectivity index (χ0v) is 11.0. The highest BCUT2D eigenvalue weighted by atomic mass is 16.4. The molecule has 0 aliphatic heterocycles. The van der Waals surface area contributed by atoms with Gasteiger partial charge >= 0.3 is 5.97 Å². The number of carboxylic acid groups (broad SMARTS) is 1. The molecule has 0 saturated heterocycles. The van der Waals surface area contributed by atoms with Crippen molar-refractivity contribution in [1.82, 2.24) is 5.32 Å². The Bertz CT molecular complexity index is 248. The SMILES string of the molecule is CC(C)CC1(CNCC(N)C(=O)O)CCCC1. The molecule has 1 aliphatic carbocycles. The van der Waals surface area contributed by atoms with E-state index in [0.717, 1.165) is 6.54 Å². The van der Waals surface area contributed by atoms with E-state index in [9.17, 15) is 4.79 Å². The van der Waals surface area contributed by atoms with Crippen LogP contribution in [0.5, 0.6) is 0 Å². The Balaban J connectivity index is 2.37. The number of hydrogen-bond donors (Lipinski definition) is 3. The van der Waals surface area contributed by atoms with Crippen LogP contribution in [0.3, 0.4) is 0 Å². The van der Waals surface area contributed by atoms with Crippen LogP contribution in [0.2, 0.25) is 0 Å². The minimum absolute atomic E-state index is 0.370.